The standard InChI is InChI=1S/C12H11Br2NO2S2/c1-15(7-9-6-12(14)18-8-9)19(16,17)11-5-3-2-4-10(11)13/h2-6,8H,7H2,1H3. The van der Waals surface area contributed by atoms with Crippen LogP contribution in [0.1, 0.15) is 5.56 Å². The molecule has 0 saturated heterocycles. The van der Waals surface area contributed by atoms with E-state index >= 15 is 0 Å². The Morgan fingerprint density at radius 2 is 1.95 bits per heavy atom. The lowest BCUT2D eigenvalue weighted by Gasteiger charge is -2.17. The fourth-order valence-corrected chi connectivity index (χ4v) is 4.91. The Morgan fingerprint density at radius 1 is 1.26 bits per heavy atom. The quantitative estimate of drug-likeness (QED) is 0.740. The molecule has 0 amide bonds. The molecule has 1 aromatic heterocycles. The van der Waals surface area contributed by atoms with Crippen LogP contribution in [0.3, 0.4) is 0 Å². The molecule has 102 valence electrons. The van der Waals surface area contributed by atoms with E-state index in [9.17, 15) is 8.42 Å². The summed E-state index contributed by atoms with van der Waals surface area (Å²) in [4.78, 5) is 0.284. The molecule has 0 unspecified atom stereocenters. The number of nitrogens with zero attached hydrogens (tertiary/aromatic N) is 1. The first kappa shape index (κ1) is 15.2. The fourth-order valence-electron chi connectivity index (χ4n) is 1.59. The second-order valence-corrected chi connectivity index (χ2v) is 9.11. The Bertz CT molecular complexity index is 683. The molecule has 0 saturated carbocycles. The number of benzene rings is 1. The van der Waals surface area contributed by atoms with Crippen molar-refractivity contribution in [1.82, 2.24) is 4.31 Å². The molecule has 0 radical (unpaired) electrons. The third kappa shape index (κ3) is 3.46. The van der Waals surface area contributed by atoms with Crippen LogP contribution in [-0.2, 0) is 16.6 Å². The number of hydrogen-bond donors (Lipinski definition) is 0. The van der Waals surface area contributed by atoms with E-state index in [0.717, 1.165) is 9.35 Å². The lowest BCUT2D eigenvalue weighted by Crippen LogP contribution is -2.26. The predicted octanol–water partition coefficient (Wildman–Crippen LogP) is 4.09. The molecular formula is C12H11Br2NO2S2. The number of thiophene rings is 1. The number of hydrogen-bond acceptors (Lipinski definition) is 3. The summed E-state index contributed by atoms with van der Waals surface area (Å²) in [5.41, 5.74) is 0.968. The molecule has 19 heavy (non-hydrogen) atoms. The van der Waals surface area contributed by atoms with Gasteiger partial charge in [-0.1, -0.05) is 12.1 Å². The molecule has 1 aromatic carbocycles. The Kier molecular flexibility index (Phi) is 4.84. The Hall–Kier alpha value is -0.210. The minimum atomic E-state index is -3.48. The third-order valence-corrected chi connectivity index (χ3v) is 6.92. The highest BCUT2D eigenvalue weighted by Gasteiger charge is 2.23. The Labute approximate surface area is 133 Å². The first-order valence-corrected chi connectivity index (χ1v) is 9.25. The van der Waals surface area contributed by atoms with Gasteiger partial charge in [-0.3, -0.25) is 0 Å². The minimum absolute atomic E-state index is 0.284. The van der Waals surface area contributed by atoms with Crippen molar-refractivity contribution in [2.45, 2.75) is 11.4 Å². The molecule has 0 aliphatic rings. The third-order valence-electron chi connectivity index (χ3n) is 2.55. The monoisotopic (exact) mass is 423 g/mol. The number of sulfonamides is 1. The van der Waals surface area contributed by atoms with Gasteiger partial charge in [0.15, 0.2) is 0 Å². The summed E-state index contributed by atoms with van der Waals surface area (Å²) < 4.78 is 27.8. The van der Waals surface area contributed by atoms with E-state index in [1.54, 1.807) is 42.6 Å². The van der Waals surface area contributed by atoms with Gasteiger partial charge in [-0.15, -0.1) is 11.3 Å². The van der Waals surface area contributed by atoms with Crippen molar-refractivity contribution in [2.24, 2.45) is 0 Å². The van der Waals surface area contributed by atoms with Gasteiger partial charge in [0.2, 0.25) is 10.0 Å². The van der Waals surface area contributed by atoms with E-state index in [0.29, 0.717) is 11.0 Å². The molecule has 0 spiro atoms. The molecule has 2 aromatic rings. The highest BCUT2D eigenvalue weighted by molar-refractivity contribution is 9.11. The summed E-state index contributed by atoms with van der Waals surface area (Å²) in [5.74, 6) is 0. The van der Waals surface area contributed by atoms with Crippen molar-refractivity contribution in [3.63, 3.8) is 0 Å². The van der Waals surface area contributed by atoms with Crippen LogP contribution in [0.5, 0.6) is 0 Å². The van der Waals surface area contributed by atoms with Gasteiger partial charge in [-0.05, 0) is 61.0 Å². The smallest absolute Gasteiger partial charge is 0.207 e. The van der Waals surface area contributed by atoms with Gasteiger partial charge in [-0.25, -0.2) is 8.42 Å². The van der Waals surface area contributed by atoms with Crippen LogP contribution in [0.2, 0.25) is 0 Å². The molecule has 0 bridgehead atoms. The van der Waals surface area contributed by atoms with Gasteiger partial charge in [0.1, 0.15) is 0 Å². The SMILES string of the molecule is CN(Cc1csc(Br)c1)S(=O)(=O)c1ccccc1Br. The van der Waals surface area contributed by atoms with Gasteiger partial charge >= 0.3 is 0 Å². The van der Waals surface area contributed by atoms with Gasteiger partial charge in [0, 0.05) is 18.1 Å². The first-order valence-electron chi connectivity index (χ1n) is 5.35. The van der Waals surface area contributed by atoms with Crippen molar-refractivity contribution in [3.05, 3.63) is 49.5 Å². The van der Waals surface area contributed by atoms with E-state index in [1.807, 2.05) is 11.4 Å². The molecular weight excluding hydrogens is 414 g/mol. The van der Waals surface area contributed by atoms with Crippen molar-refractivity contribution in [2.75, 3.05) is 7.05 Å². The van der Waals surface area contributed by atoms with Crippen LogP contribution in [0, 0.1) is 0 Å². The average molecular weight is 425 g/mol. The molecule has 3 nitrogen and oxygen atoms in total. The van der Waals surface area contributed by atoms with Gasteiger partial charge in [0.25, 0.3) is 0 Å². The molecule has 0 fully saturated rings. The molecule has 0 aliphatic carbocycles. The number of halogens is 2. The normalized spacial score (nSPS) is 12.0. The van der Waals surface area contributed by atoms with Crippen molar-refractivity contribution in [1.29, 1.82) is 0 Å². The maximum atomic E-state index is 12.5. The van der Waals surface area contributed by atoms with Crippen LogP contribution in [0.15, 0.2) is 48.9 Å². The van der Waals surface area contributed by atoms with Crippen LogP contribution >= 0.6 is 43.2 Å². The van der Waals surface area contributed by atoms with E-state index < -0.39 is 10.0 Å². The lowest BCUT2D eigenvalue weighted by atomic mass is 10.3. The van der Waals surface area contributed by atoms with Gasteiger partial charge in [0.05, 0.1) is 8.68 Å². The average Bonchev–Trinajstić information content (AvgIpc) is 2.75. The lowest BCUT2D eigenvalue weighted by molar-refractivity contribution is 0.467. The highest BCUT2D eigenvalue weighted by atomic mass is 79.9. The largest absolute Gasteiger partial charge is 0.244 e. The van der Waals surface area contributed by atoms with E-state index in [4.69, 9.17) is 0 Å². The molecule has 1 heterocycles. The molecule has 7 heteroatoms. The summed E-state index contributed by atoms with van der Waals surface area (Å²) in [6.45, 7) is 0.353. The van der Waals surface area contributed by atoms with Crippen molar-refractivity contribution < 1.29 is 8.42 Å². The molecule has 2 rings (SSSR count). The van der Waals surface area contributed by atoms with Crippen LogP contribution in [-0.4, -0.2) is 19.8 Å². The van der Waals surface area contributed by atoms with Gasteiger partial charge < -0.3 is 0 Å². The van der Waals surface area contributed by atoms with Crippen molar-refractivity contribution >= 4 is 53.2 Å². The summed E-state index contributed by atoms with van der Waals surface area (Å²) in [6.07, 6.45) is 0. The highest BCUT2D eigenvalue weighted by Crippen LogP contribution is 2.26. The second kappa shape index (κ2) is 6.05. The first-order chi connectivity index (χ1) is 8.91. The molecule has 0 N–H and O–H groups in total. The van der Waals surface area contributed by atoms with E-state index in [-0.39, 0.29) is 4.90 Å². The van der Waals surface area contributed by atoms with Crippen molar-refractivity contribution in [3.8, 4) is 0 Å². The minimum Gasteiger partial charge on any atom is -0.207 e. The zero-order chi connectivity index (χ0) is 14.0. The van der Waals surface area contributed by atoms with Crippen LogP contribution in [0.25, 0.3) is 0 Å². The topological polar surface area (TPSA) is 37.4 Å². The second-order valence-electron chi connectivity index (χ2n) is 3.95. The fraction of sp³-hybridized carbons (Fsp3) is 0.167. The Morgan fingerprint density at radius 3 is 2.53 bits per heavy atom. The van der Waals surface area contributed by atoms with Gasteiger partial charge in [-0.2, -0.15) is 4.31 Å². The van der Waals surface area contributed by atoms with Crippen LogP contribution < -0.4 is 0 Å². The zero-order valence-electron chi connectivity index (χ0n) is 10.0. The zero-order valence-corrected chi connectivity index (χ0v) is 14.8. The predicted molar refractivity (Wildman–Crippen MR) is 84.8 cm³/mol. The van der Waals surface area contributed by atoms with E-state index in [2.05, 4.69) is 31.9 Å². The van der Waals surface area contributed by atoms with Crippen LogP contribution in [0.4, 0.5) is 0 Å². The van der Waals surface area contributed by atoms with E-state index in [1.165, 1.54) is 4.31 Å². The summed E-state index contributed by atoms with van der Waals surface area (Å²) in [5, 5.41) is 1.94. The Balaban J connectivity index is 2.27. The maximum absolute atomic E-state index is 12.5. The summed E-state index contributed by atoms with van der Waals surface area (Å²) >= 11 is 8.19. The number of rotatable bonds is 4. The molecule has 0 aliphatic heterocycles. The summed E-state index contributed by atoms with van der Waals surface area (Å²) in [6, 6.07) is 8.75. The maximum Gasteiger partial charge on any atom is 0.244 e. The molecule has 0 atom stereocenters. The summed E-state index contributed by atoms with van der Waals surface area (Å²) in [7, 11) is -1.90.